The molecular formula is C20H26N4O. The average Bonchev–Trinajstić information content (AvgIpc) is 3.16. The van der Waals surface area contributed by atoms with Crippen LogP contribution in [-0.4, -0.2) is 24.1 Å². The van der Waals surface area contributed by atoms with Gasteiger partial charge in [0.2, 0.25) is 0 Å². The minimum absolute atomic E-state index is 0.0487. The molecule has 0 saturated carbocycles. The minimum atomic E-state index is -0.177. The van der Waals surface area contributed by atoms with Crippen LogP contribution < -0.4 is 15.5 Å². The van der Waals surface area contributed by atoms with Gasteiger partial charge in [0.25, 0.3) is 0 Å². The van der Waals surface area contributed by atoms with Gasteiger partial charge in [0, 0.05) is 25.0 Å². The van der Waals surface area contributed by atoms with E-state index >= 15 is 0 Å². The fourth-order valence-electron chi connectivity index (χ4n) is 3.16. The molecule has 132 valence electrons. The number of urea groups is 1. The van der Waals surface area contributed by atoms with Gasteiger partial charge < -0.3 is 15.5 Å². The molecular weight excluding hydrogens is 312 g/mol. The van der Waals surface area contributed by atoms with Crippen LogP contribution in [0.3, 0.4) is 0 Å². The molecule has 2 aromatic rings. The van der Waals surface area contributed by atoms with Gasteiger partial charge in [-0.2, -0.15) is 0 Å². The van der Waals surface area contributed by atoms with Gasteiger partial charge in [0.15, 0.2) is 0 Å². The predicted octanol–water partition coefficient (Wildman–Crippen LogP) is 3.55. The SMILES string of the molecule is Cc1cccnc1CNC(=O)N[C@@H](C)c1cccc(N2CCCC2)c1. The number of rotatable bonds is 5. The molecule has 5 nitrogen and oxygen atoms in total. The summed E-state index contributed by atoms with van der Waals surface area (Å²) in [7, 11) is 0. The van der Waals surface area contributed by atoms with E-state index in [4.69, 9.17) is 0 Å². The summed E-state index contributed by atoms with van der Waals surface area (Å²) in [5.74, 6) is 0. The maximum absolute atomic E-state index is 12.2. The zero-order valence-electron chi connectivity index (χ0n) is 15.0. The van der Waals surface area contributed by atoms with E-state index in [0.717, 1.165) is 29.9 Å². The van der Waals surface area contributed by atoms with Crippen LogP contribution in [0, 0.1) is 6.92 Å². The van der Waals surface area contributed by atoms with Crippen LogP contribution in [0.25, 0.3) is 0 Å². The summed E-state index contributed by atoms with van der Waals surface area (Å²) in [6.07, 6.45) is 4.26. The van der Waals surface area contributed by atoms with E-state index in [9.17, 15) is 4.79 Å². The molecule has 5 heteroatoms. The lowest BCUT2D eigenvalue weighted by atomic mass is 10.1. The molecule has 1 saturated heterocycles. The van der Waals surface area contributed by atoms with Crippen molar-refractivity contribution in [3.05, 3.63) is 59.4 Å². The lowest BCUT2D eigenvalue weighted by Gasteiger charge is -2.21. The molecule has 2 heterocycles. The number of aromatic nitrogens is 1. The largest absolute Gasteiger partial charge is 0.372 e. The van der Waals surface area contributed by atoms with Crippen molar-refractivity contribution in [3.8, 4) is 0 Å². The first-order chi connectivity index (χ1) is 12.1. The Balaban J connectivity index is 1.56. The smallest absolute Gasteiger partial charge is 0.315 e. The molecule has 0 unspecified atom stereocenters. The number of aryl methyl sites for hydroxylation is 1. The van der Waals surface area contributed by atoms with Gasteiger partial charge in [0.05, 0.1) is 18.3 Å². The Labute approximate surface area is 149 Å². The molecule has 1 atom stereocenters. The average molecular weight is 338 g/mol. The molecule has 1 aliphatic rings. The number of benzene rings is 1. The van der Waals surface area contributed by atoms with E-state index in [2.05, 4.69) is 44.8 Å². The highest BCUT2D eigenvalue weighted by Crippen LogP contribution is 2.23. The van der Waals surface area contributed by atoms with Gasteiger partial charge in [-0.05, 0) is 56.0 Å². The Bertz CT molecular complexity index is 725. The quantitative estimate of drug-likeness (QED) is 0.876. The Morgan fingerprint density at radius 3 is 2.80 bits per heavy atom. The highest BCUT2D eigenvalue weighted by Gasteiger charge is 2.15. The number of nitrogens with zero attached hydrogens (tertiary/aromatic N) is 2. The molecule has 2 amide bonds. The Morgan fingerprint density at radius 1 is 1.24 bits per heavy atom. The first kappa shape index (κ1) is 17.3. The Kier molecular flexibility index (Phi) is 5.53. The van der Waals surface area contributed by atoms with Gasteiger partial charge in [-0.15, -0.1) is 0 Å². The van der Waals surface area contributed by atoms with Crippen LogP contribution >= 0.6 is 0 Å². The molecule has 0 spiro atoms. The predicted molar refractivity (Wildman–Crippen MR) is 101 cm³/mol. The zero-order chi connectivity index (χ0) is 17.6. The number of pyridine rings is 1. The molecule has 0 radical (unpaired) electrons. The first-order valence-electron chi connectivity index (χ1n) is 8.93. The van der Waals surface area contributed by atoms with Crippen LogP contribution in [0.15, 0.2) is 42.6 Å². The van der Waals surface area contributed by atoms with Crippen molar-refractivity contribution in [1.82, 2.24) is 15.6 Å². The second-order valence-electron chi connectivity index (χ2n) is 6.60. The van der Waals surface area contributed by atoms with Crippen molar-refractivity contribution in [1.29, 1.82) is 0 Å². The first-order valence-corrected chi connectivity index (χ1v) is 8.93. The second kappa shape index (κ2) is 8.01. The molecule has 1 fully saturated rings. The van der Waals surface area contributed by atoms with Gasteiger partial charge in [0.1, 0.15) is 0 Å². The standard InChI is InChI=1S/C20H26N4O/c1-15-7-6-10-21-19(15)14-22-20(25)23-16(2)17-8-5-9-18(13-17)24-11-3-4-12-24/h5-10,13,16H,3-4,11-12,14H2,1-2H3,(H2,22,23,25)/t16-/m0/s1. The lowest BCUT2D eigenvalue weighted by Crippen LogP contribution is -2.37. The Hall–Kier alpha value is -2.56. The van der Waals surface area contributed by atoms with Crippen LogP contribution in [0.2, 0.25) is 0 Å². The van der Waals surface area contributed by atoms with Gasteiger partial charge >= 0.3 is 6.03 Å². The fraction of sp³-hybridized carbons (Fsp3) is 0.400. The highest BCUT2D eigenvalue weighted by atomic mass is 16.2. The van der Waals surface area contributed by atoms with Gasteiger partial charge in [-0.25, -0.2) is 4.79 Å². The monoisotopic (exact) mass is 338 g/mol. The van der Waals surface area contributed by atoms with E-state index in [1.165, 1.54) is 18.5 Å². The third-order valence-electron chi connectivity index (χ3n) is 4.72. The summed E-state index contributed by atoms with van der Waals surface area (Å²) >= 11 is 0. The summed E-state index contributed by atoms with van der Waals surface area (Å²) in [6, 6.07) is 12.1. The number of carbonyl (C=O) groups is 1. The highest BCUT2D eigenvalue weighted by molar-refractivity contribution is 5.74. The normalized spacial score (nSPS) is 15.0. The van der Waals surface area contributed by atoms with E-state index in [1.807, 2.05) is 26.0 Å². The van der Waals surface area contributed by atoms with Crippen LogP contribution in [0.4, 0.5) is 10.5 Å². The number of carbonyl (C=O) groups excluding carboxylic acids is 1. The Morgan fingerprint density at radius 2 is 2.04 bits per heavy atom. The topological polar surface area (TPSA) is 57.3 Å². The number of hydrogen-bond donors (Lipinski definition) is 2. The summed E-state index contributed by atoms with van der Waals surface area (Å²) in [6.45, 7) is 6.67. The van der Waals surface area contributed by atoms with E-state index in [0.29, 0.717) is 6.54 Å². The number of hydrogen-bond acceptors (Lipinski definition) is 3. The number of anilines is 1. The fourth-order valence-corrected chi connectivity index (χ4v) is 3.16. The summed E-state index contributed by atoms with van der Waals surface area (Å²) in [5, 5.41) is 5.89. The molecule has 0 aliphatic carbocycles. The maximum Gasteiger partial charge on any atom is 0.315 e. The van der Waals surface area contributed by atoms with E-state index in [1.54, 1.807) is 6.20 Å². The molecule has 25 heavy (non-hydrogen) atoms. The van der Waals surface area contributed by atoms with Gasteiger partial charge in [-0.1, -0.05) is 18.2 Å². The third kappa shape index (κ3) is 4.50. The van der Waals surface area contributed by atoms with E-state index < -0.39 is 0 Å². The van der Waals surface area contributed by atoms with Crippen LogP contribution in [0.1, 0.15) is 42.6 Å². The van der Waals surface area contributed by atoms with Crippen molar-refractivity contribution in [2.45, 2.75) is 39.3 Å². The van der Waals surface area contributed by atoms with Crippen molar-refractivity contribution in [2.75, 3.05) is 18.0 Å². The van der Waals surface area contributed by atoms with Gasteiger partial charge in [-0.3, -0.25) is 4.98 Å². The molecule has 1 aliphatic heterocycles. The van der Waals surface area contributed by atoms with Crippen molar-refractivity contribution >= 4 is 11.7 Å². The molecule has 1 aromatic heterocycles. The van der Waals surface area contributed by atoms with Crippen molar-refractivity contribution < 1.29 is 4.79 Å². The molecule has 1 aromatic carbocycles. The lowest BCUT2D eigenvalue weighted by molar-refractivity contribution is 0.237. The second-order valence-corrected chi connectivity index (χ2v) is 6.60. The minimum Gasteiger partial charge on any atom is -0.372 e. The van der Waals surface area contributed by atoms with E-state index in [-0.39, 0.29) is 12.1 Å². The number of nitrogens with one attached hydrogen (secondary N) is 2. The van der Waals surface area contributed by atoms with Crippen molar-refractivity contribution in [2.24, 2.45) is 0 Å². The summed E-state index contributed by atoms with van der Waals surface area (Å²) in [4.78, 5) is 18.9. The third-order valence-corrected chi connectivity index (χ3v) is 4.72. The maximum atomic E-state index is 12.2. The molecule has 2 N–H and O–H groups in total. The molecule has 3 rings (SSSR count). The molecule has 0 bridgehead atoms. The zero-order valence-corrected chi connectivity index (χ0v) is 15.0. The van der Waals surface area contributed by atoms with Crippen LogP contribution in [0.5, 0.6) is 0 Å². The van der Waals surface area contributed by atoms with Crippen LogP contribution in [-0.2, 0) is 6.54 Å². The number of amides is 2. The summed E-state index contributed by atoms with van der Waals surface area (Å²) in [5.41, 5.74) is 4.33. The van der Waals surface area contributed by atoms with Crippen molar-refractivity contribution in [3.63, 3.8) is 0 Å². The summed E-state index contributed by atoms with van der Waals surface area (Å²) < 4.78 is 0.